The molecule has 1 aromatic heterocycles. The number of rotatable bonds is 6. The number of anilines is 1. The molecule has 1 amide bonds. The summed E-state index contributed by atoms with van der Waals surface area (Å²) in [5.41, 5.74) is 2.81. The van der Waals surface area contributed by atoms with Crippen LogP contribution in [0.4, 0.5) is 5.69 Å². The molecule has 1 aromatic carbocycles. The van der Waals surface area contributed by atoms with Crippen LogP contribution in [0.5, 0.6) is 0 Å². The van der Waals surface area contributed by atoms with Gasteiger partial charge in [-0.1, -0.05) is 6.07 Å². The first-order valence-corrected chi connectivity index (χ1v) is 7.33. The number of benzene rings is 1. The molecule has 2 N–H and O–H groups in total. The lowest BCUT2D eigenvalue weighted by Gasteiger charge is -2.21. The van der Waals surface area contributed by atoms with Gasteiger partial charge in [0.25, 0.3) is 5.91 Å². The zero-order valence-electron chi connectivity index (χ0n) is 12.6. The van der Waals surface area contributed by atoms with Gasteiger partial charge in [0.05, 0.1) is 0 Å². The average Bonchev–Trinajstić information content (AvgIpc) is 2.55. The fourth-order valence-corrected chi connectivity index (χ4v) is 2.23. The zero-order chi connectivity index (χ0) is 15.1. The Balaban J connectivity index is 1.97. The van der Waals surface area contributed by atoms with Crippen molar-refractivity contribution in [2.45, 2.75) is 20.4 Å². The lowest BCUT2D eigenvalue weighted by molar-refractivity contribution is -0.390. The van der Waals surface area contributed by atoms with Crippen molar-refractivity contribution >= 4 is 11.6 Å². The Bertz CT molecular complexity index is 562. The van der Waals surface area contributed by atoms with Crippen LogP contribution in [0, 0.1) is 0 Å². The number of hydrogen-bond acceptors (Lipinski definition) is 2. The molecular formula is C17H22N3O+. The van der Waals surface area contributed by atoms with E-state index in [-0.39, 0.29) is 5.91 Å². The summed E-state index contributed by atoms with van der Waals surface area (Å²) in [4.78, 5) is 17.4. The van der Waals surface area contributed by atoms with Crippen LogP contribution >= 0.6 is 0 Å². The molecule has 21 heavy (non-hydrogen) atoms. The summed E-state index contributed by atoms with van der Waals surface area (Å²) >= 11 is 0. The molecule has 0 bridgehead atoms. The molecule has 4 nitrogen and oxygen atoms in total. The van der Waals surface area contributed by atoms with Crippen molar-refractivity contribution in [2.24, 2.45) is 0 Å². The molecule has 2 aromatic rings. The molecule has 0 aliphatic carbocycles. The van der Waals surface area contributed by atoms with Crippen molar-refractivity contribution in [3.8, 4) is 0 Å². The van der Waals surface area contributed by atoms with E-state index in [4.69, 9.17) is 0 Å². The van der Waals surface area contributed by atoms with Crippen LogP contribution in [0.3, 0.4) is 0 Å². The molecule has 0 spiro atoms. The summed E-state index contributed by atoms with van der Waals surface area (Å²) in [5, 5.41) is 2.91. The number of pyridine rings is 1. The van der Waals surface area contributed by atoms with E-state index in [1.165, 1.54) is 0 Å². The summed E-state index contributed by atoms with van der Waals surface area (Å²) in [6, 6.07) is 13.5. The SMILES string of the molecule is CCN(CC)c1ccc(C(=O)NCc2cccc[nH+]2)cc1. The van der Waals surface area contributed by atoms with Crippen molar-refractivity contribution in [2.75, 3.05) is 18.0 Å². The van der Waals surface area contributed by atoms with Gasteiger partial charge in [-0.15, -0.1) is 0 Å². The average molecular weight is 284 g/mol. The Morgan fingerprint density at radius 3 is 2.38 bits per heavy atom. The second-order valence-corrected chi connectivity index (χ2v) is 4.79. The van der Waals surface area contributed by atoms with Crippen molar-refractivity contribution < 1.29 is 9.78 Å². The van der Waals surface area contributed by atoms with E-state index in [1.807, 2.05) is 48.7 Å². The van der Waals surface area contributed by atoms with Crippen LogP contribution in [0.25, 0.3) is 0 Å². The summed E-state index contributed by atoms with van der Waals surface area (Å²) in [6.45, 7) is 6.68. The Morgan fingerprint density at radius 2 is 1.81 bits per heavy atom. The minimum atomic E-state index is -0.0571. The second-order valence-electron chi connectivity index (χ2n) is 4.79. The highest BCUT2D eigenvalue weighted by molar-refractivity contribution is 5.94. The summed E-state index contributed by atoms with van der Waals surface area (Å²) < 4.78 is 0. The van der Waals surface area contributed by atoms with Gasteiger partial charge >= 0.3 is 0 Å². The highest BCUT2D eigenvalue weighted by Gasteiger charge is 2.08. The third-order valence-corrected chi connectivity index (χ3v) is 3.47. The van der Waals surface area contributed by atoms with E-state index >= 15 is 0 Å². The molecule has 0 fully saturated rings. The summed E-state index contributed by atoms with van der Waals surface area (Å²) in [7, 11) is 0. The van der Waals surface area contributed by atoms with E-state index in [0.29, 0.717) is 12.1 Å². The Labute approximate surface area is 125 Å². The number of aromatic nitrogens is 1. The van der Waals surface area contributed by atoms with Crippen LogP contribution < -0.4 is 15.2 Å². The summed E-state index contributed by atoms with van der Waals surface area (Å²) in [5.74, 6) is -0.0571. The van der Waals surface area contributed by atoms with E-state index in [1.54, 1.807) is 0 Å². The molecule has 1 heterocycles. The predicted molar refractivity (Wildman–Crippen MR) is 84.2 cm³/mol. The molecule has 0 saturated carbocycles. The topological polar surface area (TPSA) is 46.5 Å². The Morgan fingerprint density at radius 1 is 1.10 bits per heavy atom. The van der Waals surface area contributed by atoms with Gasteiger partial charge in [-0.2, -0.15) is 0 Å². The van der Waals surface area contributed by atoms with E-state index < -0.39 is 0 Å². The van der Waals surface area contributed by atoms with Gasteiger partial charge in [-0.3, -0.25) is 4.79 Å². The Hall–Kier alpha value is -2.36. The smallest absolute Gasteiger partial charge is 0.251 e. The van der Waals surface area contributed by atoms with Crippen LogP contribution in [0.2, 0.25) is 0 Å². The lowest BCUT2D eigenvalue weighted by Crippen LogP contribution is -2.26. The monoisotopic (exact) mass is 284 g/mol. The minimum Gasteiger partial charge on any atom is -0.372 e. The zero-order valence-corrected chi connectivity index (χ0v) is 12.6. The van der Waals surface area contributed by atoms with Crippen LogP contribution in [-0.2, 0) is 6.54 Å². The van der Waals surface area contributed by atoms with E-state index in [0.717, 1.165) is 24.5 Å². The van der Waals surface area contributed by atoms with Gasteiger partial charge in [0.15, 0.2) is 11.9 Å². The van der Waals surface area contributed by atoms with Gasteiger partial charge in [0, 0.05) is 36.5 Å². The highest BCUT2D eigenvalue weighted by atomic mass is 16.1. The maximum atomic E-state index is 12.1. The fraction of sp³-hybridized carbons (Fsp3) is 0.294. The number of hydrogen-bond donors (Lipinski definition) is 1. The molecule has 0 atom stereocenters. The molecule has 4 heteroatoms. The number of amides is 1. The maximum absolute atomic E-state index is 12.1. The standard InChI is InChI=1S/C17H21N3O/c1-3-20(4-2)16-10-8-14(9-11-16)17(21)19-13-15-7-5-6-12-18-15/h5-12H,3-4,13H2,1-2H3,(H,19,21)/p+1. The van der Waals surface area contributed by atoms with Crippen LogP contribution in [0.15, 0.2) is 48.7 Å². The third kappa shape index (κ3) is 4.05. The third-order valence-electron chi connectivity index (χ3n) is 3.47. The maximum Gasteiger partial charge on any atom is 0.251 e. The van der Waals surface area contributed by atoms with Gasteiger partial charge in [0.2, 0.25) is 0 Å². The molecule has 0 aliphatic rings. The number of aromatic amines is 1. The number of nitrogens with zero attached hydrogens (tertiary/aromatic N) is 1. The number of nitrogens with one attached hydrogen (secondary N) is 2. The normalized spacial score (nSPS) is 10.2. The van der Waals surface area contributed by atoms with Gasteiger partial charge in [-0.25, -0.2) is 4.98 Å². The predicted octanol–water partition coefficient (Wildman–Crippen LogP) is 2.28. The molecule has 0 aliphatic heterocycles. The van der Waals surface area contributed by atoms with E-state index in [9.17, 15) is 4.79 Å². The van der Waals surface area contributed by atoms with Crippen LogP contribution in [-0.4, -0.2) is 19.0 Å². The quantitative estimate of drug-likeness (QED) is 0.884. The largest absolute Gasteiger partial charge is 0.372 e. The van der Waals surface area contributed by atoms with E-state index in [2.05, 4.69) is 29.0 Å². The van der Waals surface area contributed by atoms with Gasteiger partial charge in [-0.05, 0) is 38.1 Å². The molecule has 2 rings (SSSR count). The van der Waals surface area contributed by atoms with Crippen molar-refractivity contribution in [1.82, 2.24) is 5.32 Å². The van der Waals surface area contributed by atoms with Gasteiger partial charge in [0.1, 0.15) is 6.54 Å². The number of H-pyrrole nitrogens is 1. The van der Waals surface area contributed by atoms with Crippen molar-refractivity contribution in [3.05, 3.63) is 59.9 Å². The van der Waals surface area contributed by atoms with Gasteiger partial charge < -0.3 is 10.2 Å². The number of carbonyl (C=O) groups is 1. The molecule has 110 valence electrons. The second kappa shape index (κ2) is 7.43. The first kappa shape index (κ1) is 15.0. The highest BCUT2D eigenvalue weighted by Crippen LogP contribution is 2.14. The molecule has 0 radical (unpaired) electrons. The fourth-order valence-electron chi connectivity index (χ4n) is 2.23. The molecular weight excluding hydrogens is 262 g/mol. The van der Waals surface area contributed by atoms with Crippen molar-refractivity contribution in [1.29, 1.82) is 0 Å². The minimum absolute atomic E-state index is 0.0571. The molecule has 0 unspecified atom stereocenters. The lowest BCUT2D eigenvalue weighted by atomic mass is 10.2. The van der Waals surface area contributed by atoms with Crippen molar-refractivity contribution in [3.63, 3.8) is 0 Å². The Kier molecular flexibility index (Phi) is 5.32. The molecule has 0 saturated heterocycles. The first-order valence-electron chi connectivity index (χ1n) is 7.33. The number of carbonyl (C=O) groups excluding carboxylic acids is 1. The van der Waals surface area contributed by atoms with Crippen LogP contribution in [0.1, 0.15) is 29.9 Å². The summed E-state index contributed by atoms with van der Waals surface area (Å²) in [6.07, 6.45) is 1.85. The first-order chi connectivity index (χ1) is 10.2.